The van der Waals surface area contributed by atoms with E-state index in [9.17, 15) is 4.79 Å². The molecule has 4 nitrogen and oxygen atoms in total. The number of carbonyl (C=O) groups excluding carboxylic acids is 1. The third-order valence-electron chi connectivity index (χ3n) is 5.12. The molecule has 1 aliphatic heterocycles. The SMILES string of the molecule is CCc1nc2c(n1-c1ccccc1)CCN(C(=O)c1cccc(C)c1Cl)C2. The fraction of sp³-hybridized carbons (Fsp3) is 0.273. The van der Waals surface area contributed by atoms with Crippen molar-refractivity contribution in [1.82, 2.24) is 14.5 Å². The number of nitrogens with zero attached hydrogens (tertiary/aromatic N) is 3. The van der Waals surface area contributed by atoms with E-state index in [4.69, 9.17) is 16.6 Å². The fourth-order valence-corrected chi connectivity index (χ4v) is 3.92. The Morgan fingerprint density at radius 3 is 2.67 bits per heavy atom. The first-order valence-electron chi connectivity index (χ1n) is 9.29. The molecule has 0 saturated carbocycles. The number of aromatic nitrogens is 2. The highest BCUT2D eigenvalue weighted by molar-refractivity contribution is 6.34. The molecule has 3 aromatic rings. The Balaban J connectivity index is 1.67. The molecule has 0 N–H and O–H groups in total. The molecular weight excluding hydrogens is 358 g/mol. The van der Waals surface area contributed by atoms with Gasteiger partial charge in [-0.05, 0) is 30.7 Å². The number of para-hydroxylation sites is 1. The van der Waals surface area contributed by atoms with Gasteiger partial charge in [-0.3, -0.25) is 4.79 Å². The lowest BCUT2D eigenvalue weighted by molar-refractivity contribution is 0.0731. The molecule has 138 valence electrons. The minimum atomic E-state index is -0.0262. The number of rotatable bonds is 3. The van der Waals surface area contributed by atoms with Crippen molar-refractivity contribution < 1.29 is 4.79 Å². The lowest BCUT2D eigenvalue weighted by Crippen LogP contribution is -2.36. The summed E-state index contributed by atoms with van der Waals surface area (Å²) in [6, 6.07) is 15.9. The van der Waals surface area contributed by atoms with Gasteiger partial charge in [0.15, 0.2) is 0 Å². The summed E-state index contributed by atoms with van der Waals surface area (Å²) in [5.41, 5.74) is 4.81. The molecule has 5 heteroatoms. The molecule has 4 rings (SSSR count). The topological polar surface area (TPSA) is 38.1 Å². The van der Waals surface area contributed by atoms with E-state index in [-0.39, 0.29) is 5.91 Å². The second kappa shape index (κ2) is 7.20. The van der Waals surface area contributed by atoms with Crippen LogP contribution in [0.25, 0.3) is 5.69 Å². The fourth-order valence-electron chi connectivity index (χ4n) is 3.71. The van der Waals surface area contributed by atoms with Gasteiger partial charge < -0.3 is 9.47 Å². The molecule has 0 spiro atoms. The first-order valence-corrected chi connectivity index (χ1v) is 9.67. The van der Waals surface area contributed by atoms with Crippen molar-refractivity contribution >= 4 is 17.5 Å². The minimum Gasteiger partial charge on any atom is -0.332 e. The molecule has 0 atom stereocenters. The van der Waals surface area contributed by atoms with Gasteiger partial charge in [0.2, 0.25) is 0 Å². The average Bonchev–Trinajstić information content (AvgIpc) is 3.08. The number of benzene rings is 2. The summed E-state index contributed by atoms with van der Waals surface area (Å²) in [6.07, 6.45) is 1.63. The van der Waals surface area contributed by atoms with E-state index < -0.39 is 0 Å². The van der Waals surface area contributed by atoms with Gasteiger partial charge in [0, 0.05) is 30.8 Å². The van der Waals surface area contributed by atoms with Crippen LogP contribution in [0.5, 0.6) is 0 Å². The molecule has 0 radical (unpaired) electrons. The highest BCUT2D eigenvalue weighted by Gasteiger charge is 2.28. The Morgan fingerprint density at radius 2 is 1.93 bits per heavy atom. The van der Waals surface area contributed by atoms with Crippen molar-refractivity contribution in [3.63, 3.8) is 0 Å². The summed E-state index contributed by atoms with van der Waals surface area (Å²) in [5, 5.41) is 0.539. The van der Waals surface area contributed by atoms with Gasteiger partial charge in [-0.15, -0.1) is 0 Å². The van der Waals surface area contributed by atoms with Crippen molar-refractivity contribution in [1.29, 1.82) is 0 Å². The molecule has 0 fully saturated rings. The van der Waals surface area contributed by atoms with Gasteiger partial charge in [0.25, 0.3) is 5.91 Å². The van der Waals surface area contributed by atoms with Crippen LogP contribution in [0, 0.1) is 6.92 Å². The van der Waals surface area contributed by atoms with E-state index in [1.807, 2.05) is 42.2 Å². The Bertz CT molecular complexity index is 994. The van der Waals surface area contributed by atoms with E-state index in [1.165, 1.54) is 5.69 Å². The summed E-state index contributed by atoms with van der Waals surface area (Å²) in [6.45, 7) is 5.22. The van der Waals surface area contributed by atoms with Crippen LogP contribution in [-0.2, 0) is 19.4 Å². The Hall–Kier alpha value is -2.59. The third-order valence-corrected chi connectivity index (χ3v) is 5.63. The van der Waals surface area contributed by atoms with E-state index in [2.05, 4.69) is 23.6 Å². The largest absolute Gasteiger partial charge is 0.332 e. The van der Waals surface area contributed by atoms with Gasteiger partial charge in [0.05, 0.1) is 22.8 Å². The molecule has 0 saturated heterocycles. The first-order chi connectivity index (χ1) is 13.1. The highest BCUT2D eigenvalue weighted by atomic mass is 35.5. The van der Waals surface area contributed by atoms with Gasteiger partial charge in [-0.2, -0.15) is 0 Å². The van der Waals surface area contributed by atoms with Crippen LogP contribution < -0.4 is 0 Å². The molecule has 0 unspecified atom stereocenters. The summed E-state index contributed by atoms with van der Waals surface area (Å²) < 4.78 is 2.25. The summed E-state index contributed by atoms with van der Waals surface area (Å²) >= 11 is 6.37. The zero-order chi connectivity index (χ0) is 19.0. The summed E-state index contributed by atoms with van der Waals surface area (Å²) in [4.78, 5) is 19.7. The zero-order valence-electron chi connectivity index (χ0n) is 15.6. The lowest BCUT2D eigenvalue weighted by Gasteiger charge is -2.27. The number of hydrogen-bond donors (Lipinski definition) is 0. The number of aryl methyl sites for hydroxylation is 2. The van der Waals surface area contributed by atoms with Gasteiger partial charge in [0.1, 0.15) is 5.82 Å². The maximum Gasteiger partial charge on any atom is 0.255 e. The van der Waals surface area contributed by atoms with Crippen LogP contribution in [0.2, 0.25) is 5.02 Å². The third kappa shape index (κ3) is 3.15. The number of carbonyl (C=O) groups is 1. The predicted molar refractivity (Wildman–Crippen MR) is 108 cm³/mol. The van der Waals surface area contributed by atoms with Crippen molar-refractivity contribution in [3.05, 3.63) is 81.9 Å². The van der Waals surface area contributed by atoms with Crippen LogP contribution in [0.4, 0.5) is 0 Å². The standard InChI is InChI=1S/C22H22ClN3O/c1-3-20-24-18-14-25(22(27)17-11-7-8-15(2)21(17)23)13-12-19(18)26(20)16-9-5-4-6-10-16/h4-11H,3,12-14H2,1-2H3. The van der Waals surface area contributed by atoms with Crippen LogP contribution in [0.3, 0.4) is 0 Å². The number of hydrogen-bond acceptors (Lipinski definition) is 2. The molecular formula is C22H22ClN3O. The molecule has 1 aromatic heterocycles. The molecule has 0 aliphatic carbocycles. The predicted octanol–water partition coefficient (Wildman–Crippen LogP) is 4.60. The second-order valence-corrected chi connectivity index (χ2v) is 7.24. The van der Waals surface area contributed by atoms with Gasteiger partial charge in [-0.25, -0.2) is 4.98 Å². The maximum atomic E-state index is 13.0. The smallest absolute Gasteiger partial charge is 0.255 e. The van der Waals surface area contributed by atoms with Crippen molar-refractivity contribution in [3.8, 4) is 5.69 Å². The lowest BCUT2D eigenvalue weighted by atomic mass is 10.1. The van der Waals surface area contributed by atoms with E-state index in [0.29, 0.717) is 23.7 Å². The van der Waals surface area contributed by atoms with Crippen LogP contribution in [0.1, 0.15) is 40.1 Å². The molecule has 2 heterocycles. The maximum absolute atomic E-state index is 13.0. The number of imidazole rings is 1. The van der Waals surface area contributed by atoms with E-state index in [0.717, 1.165) is 35.6 Å². The summed E-state index contributed by atoms with van der Waals surface area (Å²) in [7, 11) is 0. The van der Waals surface area contributed by atoms with Crippen molar-refractivity contribution in [2.75, 3.05) is 6.54 Å². The summed E-state index contributed by atoms with van der Waals surface area (Å²) in [5.74, 6) is 1.01. The van der Waals surface area contributed by atoms with E-state index in [1.54, 1.807) is 6.07 Å². The van der Waals surface area contributed by atoms with Crippen LogP contribution in [0.15, 0.2) is 48.5 Å². The minimum absolute atomic E-state index is 0.0262. The quantitative estimate of drug-likeness (QED) is 0.667. The number of amides is 1. The molecule has 1 aliphatic rings. The second-order valence-electron chi connectivity index (χ2n) is 6.86. The van der Waals surface area contributed by atoms with Gasteiger partial charge >= 0.3 is 0 Å². The molecule has 27 heavy (non-hydrogen) atoms. The molecule has 1 amide bonds. The molecule has 2 aromatic carbocycles. The number of fused-ring (bicyclic) bond motifs is 1. The monoisotopic (exact) mass is 379 g/mol. The van der Waals surface area contributed by atoms with Crippen LogP contribution >= 0.6 is 11.6 Å². The Kier molecular flexibility index (Phi) is 4.75. The Labute approximate surface area is 164 Å². The van der Waals surface area contributed by atoms with Crippen LogP contribution in [-0.4, -0.2) is 26.9 Å². The average molecular weight is 380 g/mol. The highest BCUT2D eigenvalue weighted by Crippen LogP contribution is 2.27. The van der Waals surface area contributed by atoms with Crippen molar-refractivity contribution in [2.24, 2.45) is 0 Å². The Morgan fingerprint density at radius 1 is 1.15 bits per heavy atom. The normalized spacial score (nSPS) is 13.5. The zero-order valence-corrected chi connectivity index (χ0v) is 16.3. The first kappa shape index (κ1) is 17.8. The van der Waals surface area contributed by atoms with Crippen molar-refractivity contribution in [2.45, 2.75) is 33.2 Å². The number of halogens is 1. The van der Waals surface area contributed by atoms with Gasteiger partial charge in [-0.1, -0.05) is 48.9 Å². The molecule has 0 bridgehead atoms. The van der Waals surface area contributed by atoms with E-state index >= 15 is 0 Å².